The average molecular weight is 563 g/mol. The molecule has 1 atom stereocenters. The molecule has 0 aliphatic carbocycles. The van der Waals surface area contributed by atoms with Crippen molar-refractivity contribution in [2.75, 3.05) is 25.6 Å². The minimum absolute atomic E-state index is 0.214. The standard InChI is InChI=1S/C23H27BrN6O4S/c1-23(2,3)34-22(31)29-6-4-13(10-29)5-7-30-11-26-19(25)18-20(30)28-21(27-18)35-17-9-16-15(8-14(17)24)32-12-33-16/h8-9,11,13H,4-7,10,12,25H2,1-3H3/t13-/m0/s1. The fraction of sp³-hybridized carbons (Fsp3) is 0.478. The Hall–Kier alpha value is -2.73. The second kappa shape index (κ2) is 9.38. The van der Waals surface area contributed by atoms with Crippen LogP contribution in [-0.2, 0) is 11.3 Å². The Bertz CT molecular complexity index is 1230. The number of carbonyl (C=O) groups is 1. The lowest BCUT2D eigenvalue weighted by Gasteiger charge is -2.24. The molecule has 1 amide bonds. The van der Waals surface area contributed by atoms with Crippen molar-refractivity contribution < 1.29 is 19.0 Å². The number of aromatic nitrogens is 4. The molecule has 5 rings (SSSR count). The monoisotopic (exact) mass is 562 g/mol. The zero-order valence-electron chi connectivity index (χ0n) is 19.8. The molecule has 1 fully saturated rings. The van der Waals surface area contributed by atoms with E-state index >= 15 is 0 Å². The molecule has 10 nitrogen and oxygen atoms in total. The lowest BCUT2D eigenvalue weighted by atomic mass is 10.1. The maximum atomic E-state index is 12.4. The van der Waals surface area contributed by atoms with Crippen molar-refractivity contribution in [1.82, 2.24) is 24.4 Å². The molecule has 0 aromatic heterocycles. The van der Waals surface area contributed by atoms with Crippen LogP contribution in [0.5, 0.6) is 11.5 Å². The molecule has 1 saturated heterocycles. The molecule has 1 aromatic rings. The summed E-state index contributed by atoms with van der Waals surface area (Å²) in [6.45, 7) is 7.96. The Morgan fingerprint density at radius 3 is 2.83 bits per heavy atom. The van der Waals surface area contributed by atoms with Gasteiger partial charge in [-0.05, 0) is 79.4 Å². The van der Waals surface area contributed by atoms with Crippen LogP contribution in [0.4, 0.5) is 10.6 Å². The van der Waals surface area contributed by atoms with E-state index in [0.29, 0.717) is 59.5 Å². The first-order valence-electron chi connectivity index (χ1n) is 11.4. The molecule has 0 bridgehead atoms. The van der Waals surface area contributed by atoms with Gasteiger partial charge >= 0.3 is 6.09 Å². The highest BCUT2D eigenvalue weighted by Crippen LogP contribution is 2.43. The molecular formula is C23H27BrN6O4S. The second-order valence-electron chi connectivity index (χ2n) is 9.61. The summed E-state index contributed by atoms with van der Waals surface area (Å²) in [6, 6.07) is 3.79. The number of ether oxygens (including phenoxy) is 3. The predicted octanol–water partition coefficient (Wildman–Crippen LogP) is 4.65. The molecular weight excluding hydrogens is 536 g/mol. The van der Waals surface area contributed by atoms with Crippen molar-refractivity contribution in [2.24, 2.45) is 5.92 Å². The van der Waals surface area contributed by atoms with Crippen LogP contribution in [0.3, 0.4) is 0 Å². The Labute approximate surface area is 216 Å². The maximum Gasteiger partial charge on any atom is 0.410 e. The van der Waals surface area contributed by atoms with E-state index in [2.05, 4.69) is 25.9 Å². The van der Waals surface area contributed by atoms with E-state index in [1.165, 1.54) is 11.8 Å². The van der Waals surface area contributed by atoms with Gasteiger partial charge in [0, 0.05) is 29.0 Å². The summed E-state index contributed by atoms with van der Waals surface area (Å²) in [5.41, 5.74) is 6.20. The van der Waals surface area contributed by atoms with Gasteiger partial charge < -0.3 is 29.4 Å². The van der Waals surface area contributed by atoms with E-state index in [9.17, 15) is 4.79 Å². The summed E-state index contributed by atoms with van der Waals surface area (Å²) in [6.07, 6.45) is 3.28. The number of amides is 1. The van der Waals surface area contributed by atoms with Gasteiger partial charge in [-0.25, -0.2) is 19.7 Å². The Morgan fingerprint density at radius 2 is 2.06 bits per heavy atom. The number of anilines is 1. The first-order valence-corrected chi connectivity index (χ1v) is 13.0. The number of imidazole rings is 1. The number of carbonyl (C=O) groups excluding carboxylic acids is 1. The van der Waals surface area contributed by atoms with Gasteiger partial charge in [-0.2, -0.15) is 0 Å². The molecule has 35 heavy (non-hydrogen) atoms. The van der Waals surface area contributed by atoms with Crippen molar-refractivity contribution in [3.05, 3.63) is 22.9 Å². The van der Waals surface area contributed by atoms with Crippen LogP contribution in [0.25, 0.3) is 11.5 Å². The van der Waals surface area contributed by atoms with Crippen molar-refractivity contribution in [3.8, 4) is 23.0 Å². The minimum Gasteiger partial charge on any atom is -0.454 e. The lowest BCUT2D eigenvalue weighted by Crippen LogP contribution is -2.35. The highest BCUT2D eigenvalue weighted by atomic mass is 79.9. The molecule has 4 aliphatic rings. The van der Waals surface area contributed by atoms with Crippen LogP contribution >= 0.6 is 27.7 Å². The largest absolute Gasteiger partial charge is 0.454 e. The number of hydrogen-bond acceptors (Lipinski definition) is 9. The van der Waals surface area contributed by atoms with Crippen LogP contribution in [0.2, 0.25) is 0 Å². The SMILES string of the molecule is CC(C)(C)OC(=O)N1CC[C@@H](CCn2cnc(N)c3nc(Sc4cc5c(cc4Br)OCO5)nc2-3)C1. The minimum atomic E-state index is -0.491. The molecule has 186 valence electrons. The number of nitrogens with zero attached hydrogens (tertiary/aromatic N) is 5. The van der Waals surface area contributed by atoms with Crippen molar-refractivity contribution in [2.45, 2.75) is 55.8 Å². The van der Waals surface area contributed by atoms with Gasteiger partial charge in [0.25, 0.3) is 0 Å². The van der Waals surface area contributed by atoms with Gasteiger partial charge in [-0.3, -0.25) is 0 Å². The Morgan fingerprint density at radius 1 is 1.29 bits per heavy atom. The van der Waals surface area contributed by atoms with Gasteiger partial charge in [-0.1, -0.05) is 0 Å². The summed E-state index contributed by atoms with van der Waals surface area (Å²) in [4.78, 5) is 28.8. The second-order valence-corrected chi connectivity index (χ2v) is 11.5. The third-order valence-electron chi connectivity index (χ3n) is 5.82. The summed E-state index contributed by atoms with van der Waals surface area (Å²) in [7, 11) is 0. The smallest absolute Gasteiger partial charge is 0.410 e. The molecule has 2 N–H and O–H groups in total. The fourth-order valence-electron chi connectivity index (χ4n) is 4.10. The number of fused-ring (bicyclic) bond motifs is 2. The summed E-state index contributed by atoms with van der Waals surface area (Å²) >= 11 is 5.00. The van der Waals surface area contributed by atoms with E-state index in [1.807, 2.05) is 37.5 Å². The van der Waals surface area contributed by atoms with Gasteiger partial charge in [0.15, 0.2) is 34.0 Å². The van der Waals surface area contributed by atoms with E-state index in [4.69, 9.17) is 24.9 Å². The van der Waals surface area contributed by atoms with Crippen LogP contribution in [-0.4, -0.2) is 56.0 Å². The lowest BCUT2D eigenvalue weighted by molar-refractivity contribution is 0.0287. The summed E-state index contributed by atoms with van der Waals surface area (Å²) in [5, 5.41) is 0.574. The van der Waals surface area contributed by atoms with Crippen LogP contribution in [0.15, 0.2) is 33.0 Å². The Kier molecular flexibility index (Phi) is 6.43. The first-order chi connectivity index (χ1) is 16.7. The number of rotatable bonds is 5. The third kappa shape index (κ3) is 5.27. The number of likely N-dealkylation sites (tertiary alicyclic amines) is 1. The summed E-state index contributed by atoms with van der Waals surface area (Å²) in [5.74, 6) is 2.82. The highest BCUT2D eigenvalue weighted by molar-refractivity contribution is 9.10. The third-order valence-corrected chi connectivity index (χ3v) is 7.66. The number of nitrogens with two attached hydrogens (primary N) is 1. The molecule has 0 saturated carbocycles. The van der Waals surface area contributed by atoms with E-state index < -0.39 is 5.60 Å². The number of benzene rings is 1. The molecule has 0 spiro atoms. The van der Waals surface area contributed by atoms with E-state index in [-0.39, 0.29) is 12.9 Å². The molecule has 4 heterocycles. The van der Waals surface area contributed by atoms with Crippen molar-refractivity contribution >= 4 is 39.6 Å². The molecule has 1 aromatic carbocycles. The highest BCUT2D eigenvalue weighted by Gasteiger charge is 2.30. The predicted molar refractivity (Wildman–Crippen MR) is 134 cm³/mol. The summed E-state index contributed by atoms with van der Waals surface area (Å²) < 4.78 is 19.3. The normalized spacial score (nSPS) is 17.4. The average Bonchev–Trinajstić information content (AvgIpc) is 3.52. The molecule has 0 radical (unpaired) electrons. The molecule has 0 unspecified atom stereocenters. The number of halogens is 1. The maximum absolute atomic E-state index is 12.4. The quantitative estimate of drug-likeness (QED) is 0.473. The molecule has 4 aliphatic heterocycles. The first kappa shape index (κ1) is 24.0. The topological polar surface area (TPSA) is 118 Å². The molecule has 12 heteroatoms. The van der Waals surface area contributed by atoms with Crippen LogP contribution in [0, 0.1) is 5.92 Å². The number of nitrogen functional groups attached to an aromatic ring is 1. The van der Waals surface area contributed by atoms with Gasteiger partial charge in [0.1, 0.15) is 5.60 Å². The van der Waals surface area contributed by atoms with Gasteiger partial charge in [-0.15, -0.1) is 0 Å². The Balaban J connectivity index is 1.27. The fourth-order valence-corrected chi connectivity index (χ4v) is 5.45. The number of aryl methyl sites for hydroxylation is 1. The van der Waals surface area contributed by atoms with E-state index in [0.717, 1.165) is 22.2 Å². The van der Waals surface area contributed by atoms with E-state index in [1.54, 1.807) is 11.2 Å². The van der Waals surface area contributed by atoms with Gasteiger partial charge in [0.2, 0.25) is 6.79 Å². The van der Waals surface area contributed by atoms with Crippen LogP contribution in [0.1, 0.15) is 33.6 Å². The van der Waals surface area contributed by atoms with Crippen LogP contribution < -0.4 is 15.2 Å². The zero-order valence-corrected chi connectivity index (χ0v) is 22.2. The van der Waals surface area contributed by atoms with Crippen molar-refractivity contribution in [1.29, 1.82) is 0 Å². The van der Waals surface area contributed by atoms with Gasteiger partial charge in [0.05, 0.1) is 6.33 Å². The number of hydrogen-bond donors (Lipinski definition) is 1. The zero-order chi connectivity index (χ0) is 24.7. The van der Waals surface area contributed by atoms with Crippen molar-refractivity contribution in [3.63, 3.8) is 0 Å².